The fraction of sp³-hybridized carbons (Fsp3) is 0.733. The van der Waals surface area contributed by atoms with Gasteiger partial charge < -0.3 is 5.32 Å². The summed E-state index contributed by atoms with van der Waals surface area (Å²) in [5.74, 6) is 0.517. The number of nitrogens with zero attached hydrogens (tertiary/aromatic N) is 1. The van der Waals surface area contributed by atoms with Crippen LogP contribution in [-0.4, -0.2) is 31.9 Å². The molecule has 4 nitrogen and oxygen atoms in total. The molecule has 21 heavy (non-hydrogen) atoms. The van der Waals surface area contributed by atoms with Gasteiger partial charge in [0.25, 0.3) is 0 Å². The van der Waals surface area contributed by atoms with Crippen molar-refractivity contribution in [1.29, 1.82) is 0 Å². The number of nitrogens with one attached hydrogen (secondary N) is 1. The number of hydrogen-bond acceptors (Lipinski definition) is 4. The van der Waals surface area contributed by atoms with Gasteiger partial charge >= 0.3 is 0 Å². The molecule has 1 saturated heterocycles. The van der Waals surface area contributed by atoms with Crippen molar-refractivity contribution in [3.05, 3.63) is 16.3 Å². The number of piperidine rings is 1. The Kier molecular flexibility index (Phi) is 4.69. The Morgan fingerprint density at radius 3 is 2.90 bits per heavy atom. The van der Waals surface area contributed by atoms with E-state index in [2.05, 4.69) is 12.2 Å². The minimum Gasteiger partial charge on any atom is -0.309 e. The van der Waals surface area contributed by atoms with Crippen LogP contribution in [0.4, 0.5) is 0 Å². The van der Waals surface area contributed by atoms with Gasteiger partial charge in [0, 0.05) is 35.9 Å². The molecule has 1 saturated carbocycles. The normalized spacial score (nSPS) is 24.3. The van der Waals surface area contributed by atoms with Gasteiger partial charge in [-0.25, -0.2) is 8.42 Å². The Labute approximate surface area is 131 Å². The van der Waals surface area contributed by atoms with E-state index in [0.29, 0.717) is 29.9 Å². The molecule has 1 aliphatic heterocycles. The number of sulfonamides is 1. The van der Waals surface area contributed by atoms with Crippen LogP contribution in [0.3, 0.4) is 0 Å². The lowest BCUT2D eigenvalue weighted by molar-refractivity contribution is 0.261. The summed E-state index contributed by atoms with van der Waals surface area (Å²) in [5.41, 5.74) is 0. The Hall–Kier alpha value is -0.430. The molecule has 1 N–H and O–H groups in total. The van der Waals surface area contributed by atoms with E-state index in [1.54, 1.807) is 21.0 Å². The van der Waals surface area contributed by atoms with Crippen molar-refractivity contribution >= 4 is 21.4 Å². The number of thiophene rings is 1. The van der Waals surface area contributed by atoms with Gasteiger partial charge in [-0.15, -0.1) is 11.3 Å². The minimum absolute atomic E-state index is 0.483. The van der Waals surface area contributed by atoms with E-state index in [1.165, 1.54) is 12.8 Å². The maximum Gasteiger partial charge on any atom is 0.243 e. The van der Waals surface area contributed by atoms with Gasteiger partial charge in [-0.2, -0.15) is 4.31 Å². The second-order valence-electron chi connectivity index (χ2n) is 6.18. The van der Waals surface area contributed by atoms with Crippen LogP contribution in [0.15, 0.2) is 16.3 Å². The second-order valence-corrected chi connectivity index (χ2v) is 9.12. The molecule has 2 fully saturated rings. The lowest BCUT2D eigenvalue weighted by atomic mass is 9.97. The summed E-state index contributed by atoms with van der Waals surface area (Å²) < 4.78 is 27.1. The van der Waals surface area contributed by atoms with E-state index in [-0.39, 0.29) is 0 Å². The van der Waals surface area contributed by atoms with Crippen molar-refractivity contribution in [2.75, 3.05) is 13.1 Å². The third-order valence-electron chi connectivity index (χ3n) is 4.47. The molecule has 0 bridgehead atoms. The monoisotopic (exact) mass is 328 g/mol. The lowest BCUT2D eigenvalue weighted by Crippen LogP contribution is -2.39. The molecule has 0 amide bonds. The molecule has 2 heterocycles. The van der Waals surface area contributed by atoms with Gasteiger partial charge in [0.15, 0.2) is 0 Å². The van der Waals surface area contributed by atoms with Crippen LogP contribution in [0.2, 0.25) is 0 Å². The quantitative estimate of drug-likeness (QED) is 0.873. The topological polar surface area (TPSA) is 49.4 Å². The van der Waals surface area contributed by atoms with Crippen LogP contribution in [0, 0.1) is 5.92 Å². The van der Waals surface area contributed by atoms with E-state index in [0.717, 1.165) is 30.7 Å². The molecular formula is C15H24N2O2S2. The molecule has 1 aromatic rings. The Morgan fingerprint density at radius 1 is 1.38 bits per heavy atom. The average Bonchev–Trinajstić information content (AvgIpc) is 3.21. The third-order valence-corrected chi connectivity index (χ3v) is 7.40. The molecular weight excluding hydrogens is 304 g/mol. The Balaban J connectivity index is 1.68. The maximum absolute atomic E-state index is 12.7. The van der Waals surface area contributed by atoms with Gasteiger partial charge in [0.2, 0.25) is 10.0 Å². The van der Waals surface area contributed by atoms with Crippen LogP contribution >= 0.6 is 11.3 Å². The predicted molar refractivity (Wildman–Crippen MR) is 86.0 cm³/mol. The molecule has 0 spiro atoms. The summed E-state index contributed by atoms with van der Waals surface area (Å²) >= 11 is 1.55. The molecule has 1 atom stereocenters. The van der Waals surface area contributed by atoms with Crippen LogP contribution in [0.1, 0.15) is 43.9 Å². The molecule has 3 rings (SSSR count). The molecule has 118 valence electrons. The van der Waals surface area contributed by atoms with E-state index in [4.69, 9.17) is 0 Å². The van der Waals surface area contributed by atoms with Gasteiger partial charge in [-0.1, -0.05) is 13.3 Å². The zero-order valence-electron chi connectivity index (χ0n) is 12.5. The first-order chi connectivity index (χ1) is 10.1. The number of hydrogen-bond donors (Lipinski definition) is 1. The first kappa shape index (κ1) is 15.5. The summed E-state index contributed by atoms with van der Waals surface area (Å²) in [4.78, 5) is 1.60. The molecule has 0 radical (unpaired) electrons. The van der Waals surface area contributed by atoms with Gasteiger partial charge in [-0.05, 0) is 37.7 Å². The standard InChI is InChI=1S/C15H24N2O2S2/c1-2-12-4-3-7-17(10-12)21(18,19)15-8-14(20-11-15)9-16-13-5-6-13/h8,11-13,16H,2-7,9-10H2,1H3. The summed E-state index contributed by atoms with van der Waals surface area (Å²) in [6, 6.07) is 2.50. The summed E-state index contributed by atoms with van der Waals surface area (Å²) in [6.07, 6.45) is 5.71. The van der Waals surface area contributed by atoms with Crippen molar-refractivity contribution < 1.29 is 8.42 Å². The molecule has 0 aromatic carbocycles. The SMILES string of the molecule is CCC1CCCN(S(=O)(=O)c2csc(CNC3CC3)c2)C1. The first-order valence-corrected chi connectivity index (χ1v) is 10.2. The molecule has 6 heteroatoms. The van der Waals surface area contributed by atoms with Gasteiger partial charge in [-0.3, -0.25) is 0 Å². The van der Waals surface area contributed by atoms with Crippen molar-refractivity contribution in [2.45, 2.75) is 56.5 Å². The van der Waals surface area contributed by atoms with Crippen molar-refractivity contribution in [1.82, 2.24) is 9.62 Å². The fourth-order valence-corrected chi connectivity index (χ4v) is 5.62. The smallest absolute Gasteiger partial charge is 0.243 e. The van der Waals surface area contributed by atoms with Crippen molar-refractivity contribution in [3.63, 3.8) is 0 Å². The van der Waals surface area contributed by atoms with E-state index in [1.807, 2.05) is 6.07 Å². The molecule has 2 aliphatic rings. The highest BCUT2D eigenvalue weighted by atomic mass is 32.2. The minimum atomic E-state index is -3.29. The van der Waals surface area contributed by atoms with Crippen LogP contribution in [0.5, 0.6) is 0 Å². The van der Waals surface area contributed by atoms with E-state index < -0.39 is 10.0 Å². The fourth-order valence-electron chi connectivity index (χ4n) is 2.85. The molecule has 1 aromatic heterocycles. The predicted octanol–water partition coefficient (Wildman–Crippen LogP) is 2.81. The highest BCUT2D eigenvalue weighted by Gasteiger charge is 2.30. The van der Waals surface area contributed by atoms with Gasteiger partial charge in [0.05, 0.1) is 4.90 Å². The van der Waals surface area contributed by atoms with Crippen molar-refractivity contribution in [3.8, 4) is 0 Å². The average molecular weight is 329 g/mol. The summed E-state index contributed by atoms with van der Waals surface area (Å²) in [6.45, 7) is 4.30. The summed E-state index contributed by atoms with van der Waals surface area (Å²) in [5, 5.41) is 5.24. The maximum atomic E-state index is 12.7. The van der Waals surface area contributed by atoms with Crippen LogP contribution < -0.4 is 5.32 Å². The molecule has 1 unspecified atom stereocenters. The highest BCUT2D eigenvalue weighted by Crippen LogP contribution is 2.28. The third kappa shape index (κ3) is 3.67. The van der Waals surface area contributed by atoms with Crippen molar-refractivity contribution in [2.24, 2.45) is 5.92 Å². The van der Waals surface area contributed by atoms with Crippen LogP contribution in [-0.2, 0) is 16.6 Å². The zero-order chi connectivity index (χ0) is 14.9. The van der Waals surface area contributed by atoms with E-state index in [9.17, 15) is 8.42 Å². The molecule has 1 aliphatic carbocycles. The highest BCUT2D eigenvalue weighted by molar-refractivity contribution is 7.89. The lowest BCUT2D eigenvalue weighted by Gasteiger charge is -2.31. The zero-order valence-corrected chi connectivity index (χ0v) is 14.2. The van der Waals surface area contributed by atoms with Crippen LogP contribution in [0.25, 0.3) is 0 Å². The Morgan fingerprint density at radius 2 is 2.19 bits per heavy atom. The van der Waals surface area contributed by atoms with Gasteiger partial charge in [0.1, 0.15) is 0 Å². The van der Waals surface area contributed by atoms with E-state index >= 15 is 0 Å². The largest absolute Gasteiger partial charge is 0.309 e. The number of rotatable bonds is 6. The summed E-state index contributed by atoms with van der Waals surface area (Å²) in [7, 11) is -3.29. The second kappa shape index (κ2) is 6.36. The Bertz CT molecular complexity index is 578. The first-order valence-electron chi connectivity index (χ1n) is 7.90.